The first-order chi connectivity index (χ1) is 6.77. The molecule has 0 radical (unpaired) electrons. The average molecular weight is 319 g/mol. The second-order valence-corrected chi connectivity index (χ2v) is 5.80. The normalized spacial score (nSPS) is 11.9. The van der Waals surface area contributed by atoms with E-state index in [-0.39, 0.29) is 0 Å². The first kappa shape index (κ1) is 12.0. The van der Waals surface area contributed by atoms with Crippen LogP contribution in [-0.2, 0) is 0 Å². The van der Waals surface area contributed by atoms with Crippen molar-refractivity contribution in [3.05, 3.63) is 19.9 Å². The predicted octanol–water partition coefficient (Wildman–Crippen LogP) is 3.42. The fraction of sp³-hybridized carbons (Fsp3) is 0.455. The van der Waals surface area contributed by atoms with Gasteiger partial charge in [-0.3, -0.25) is 0 Å². The molecule has 1 unspecified atom stereocenters. The number of thiophene rings is 1. The molecule has 1 atom stereocenters. The van der Waals surface area contributed by atoms with E-state index >= 15 is 0 Å². The summed E-state index contributed by atoms with van der Waals surface area (Å²) >= 11 is 4.16. The minimum atomic E-state index is 0.454. The van der Waals surface area contributed by atoms with Crippen molar-refractivity contribution in [2.45, 2.75) is 25.8 Å². The highest BCUT2D eigenvalue weighted by Crippen LogP contribution is 2.24. The lowest BCUT2D eigenvalue weighted by Crippen LogP contribution is -2.15. The van der Waals surface area contributed by atoms with Crippen molar-refractivity contribution in [3.8, 4) is 11.8 Å². The van der Waals surface area contributed by atoms with Gasteiger partial charge in [-0.05, 0) is 60.0 Å². The maximum atomic E-state index is 3.33. The molecule has 76 valence electrons. The summed E-state index contributed by atoms with van der Waals surface area (Å²) in [5.41, 5.74) is 1.39. The summed E-state index contributed by atoms with van der Waals surface area (Å²) in [6.07, 6.45) is 2.05. The van der Waals surface area contributed by atoms with Gasteiger partial charge < -0.3 is 5.32 Å². The molecule has 0 saturated carbocycles. The van der Waals surface area contributed by atoms with Gasteiger partial charge >= 0.3 is 0 Å². The summed E-state index contributed by atoms with van der Waals surface area (Å²) in [5, 5.41) is 5.55. The highest BCUT2D eigenvalue weighted by Gasteiger charge is 2.09. The summed E-state index contributed by atoms with van der Waals surface area (Å²) in [4.78, 5) is 0. The molecule has 1 aromatic heterocycles. The number of halogens is 1. The zero-order valence-electron chi connectivity index (χ0n) is 8.43. The molecule has 1 aromatic rings. The maximum Gasteiger partial charge on any atom is 0.0656 e. The molecule has 3 heteroatoms. The molecule has 0 aromatic carbocycles. The minimum Gasteiger partial charge on any atom is -0.313 e. The van der Waals surface area contributed by atoms with E-state index in [0.29, 0.717) is 6.04 Å². The van der Waals surface area contributed by atoms with Crippen LogP contribution >= 0.6 is 33.9 Å². The topological polar surface area (TPSA) is 12.0 Å². The Morgan fingerprint density at radius 1 is 1.64 bits per heavy atom. The van der Waals surface area contributed by atoms with Crippen molar-refractivity contribution in [1.29, 1.82) is 0 Å². The highest BCUT2D eigenvalue weighted by atomic mass is 127. The summed E-state index contributed by atoms with van der Waals surface area (Å²) in [6.45, 7) is 1.89. The fourth-order valence-electron chi connectivity index (χ4n) is 1.33. The number of hydrogen-bond acceptors (Lipinski definition) is 2. The van der Waals surface area contributed by atoms with Crippen molar-refractivity contribution in [3.63, 3.8) is 0 Å². The molecule has 0 aliphatic carbocycles. The Morgan fingerprint density at radius 3 is 2.93 bits per heavy atom. The monoisotopic (exact) mass is 319 g/mol. The summed E-state index contributed by atoms with van der Waals surface area (Å²) < 4.78 is 1.35. The average Bonchev–Trinajstić information content (AvgIpc) is 2.60. The summed E-state index contributed by atoms with van der Waals surface area (Å²) in [7, 11) is 2.01. The first-order valence-corrected chi connectivity index (χ1v) is 6.54. The Kier molecular flexibility index (Phi) is 5.53. The van der Waals surface area contributed by atoms with Crippen molar-refractivity contribution in [1.82, 2.24) is 5.32 Å². The minimum absolute atomic E-state index is 0.454. The third kappa shape index (κ3) is 3.60. The molecule has 1 N–H and O–H groups in total. The molecule has 1 heterocycles. The second kappa shape index (κ2) is 6.44. The predicted molar refractivity (Wildman–Crippen MR) is 71.5 cm³/mol. The molecular formula is C11H14INS. The van der Waals surface area contributed by atoms with Crippen molar-refractivity contribution in [2.75, 3.05) is 7.05 Å². The molecule has 0 saturated heterocycles. The first-order valence-electron chi connectivity index (χ1n) is 4.58. The molecule has 0 bridgehead atoms. The van der Waals surface area contributed by atoms with Gasteiger partial charge in [0.05, 0.1) is 2.88 Å². The molecule has 1 nitrogen and oxygen atoms in total. The van der Waals surface area contributed by atoms with Crippen LogP contribution in [0.3, 0.4) is 0 Å². The quantitative estimate of drug-likeness (QED) is 0.662. The van der Waals surface area contributed by atoms with E-state index in [1.54, 1.807) is 11.3 Å². The van der Waals surface area contributed by atoms with Crippen LogP contribution < -0.4 is 5.32 Å². The van der Waals surface area contributed by atoms with E-state index in [9.17, 15) is 0 Å². The Morgan fingerprint density at radius 2 is 2.43 bits per heavy atom. The lowest BCUT2D eigenvalue weighted by Gasteiger charge is -2.12. The van der Waals surface area contributed by atoms with Gasteiger partial charge in [0.15, 0.2) is 0 Å². The second-order valence-electron chi connectivity index (χ2n) is 2.99. The van der Waals surface area contributed by atoms with Crippen molar-refractivity contribution < 1.29 is 0 Å². The lowest BCUT2D eigenvalue weighted by molar-refractivity contribution is 0.560. The Bertz CT molecular complexity index is 335. The number of hydrogen-bond donors (Lipinski definition) is 1. The van der Waals surface area contributed by atoms with E-state index in [1.807, 2.05) is 14.0 Å². The molecular weight excluding hydrogens is 305 g/mol. The van der Waals surface area contributed by atoms with Crippen LogP contribution in [0.5, 0.6) is 0 Å². The molecule has 0 amide bonds. The zero-order chi connectivity index (χ0) is 10.4. The van der Waals surface area contributed by atoms with Gasteiger partial charge in [0.2, 0.25) is 0 Å². The Balaban J connectivity index is 2.56. The van der Waals surface area contributed by atoms with Gasteiger partial charge in [0, 0.05) is 12.5 Å². The standard InChI is InChI=1S/C11H14INS/c1-3-4-5-6-10(13-2)9-7-11(12)14-8-9/h7-8,10,13H,5-6H2,1-2H3. The highest BCUT2D eigenvalue weighted by molar-refractivity contribution is 14.1. The lowest BCUT2D eigenvalue weighted by atomic mass is 10.1. The van der Waals surface area contributed by atoms with Crippen LogP contribution in [0.1, 0.15) is 31.4 Å². The molecule has 0 aliphatic rings. The molecule has 0 aliphatic heterocycles. The van der Waals surface area contributed by atoms with E-state index in [4.69, 9.17) is 0 Å². The van der Waals surface area contributed by atoms with E-state index in [2.05, 4.69) is 51.2 Å². The number of rotatable bonds is 4. The molecule has 14 heavy (non-hydrogen) atoms. The van der Waals surface area contributed by atoms with E-state index < -0.39 is 0 Å². The number of nitrogens with one attached hydrogen (secondary N) is 1. The third-order valence-corrected chi connectivity index (χ3v) is 3.88. The van der Waals surface area contributed by atoms with Gasteiger partial charge in [0.25, 0.3) is 0 Å². The fourth-order valence-corrected chi connectivity index (χ4v) is 2.75. The smallest absolute Gasteiger partial charge is 0.0656 e. The van der Waals surface area contributed by atoms with Gasteiger partial charge in [0.1, 0.15) is 0 Å². The van der Waals surface area contributed by atoms with Gasteiger partial charge in [-0.25, -0.2) is 0 Å². The molecule has 0 spiro atoms. The van der Waals surface area contributed by atoms with Crippen LogP contribution in [0.4, 0.5) is 0 Å². The van der Waals surface area contributed by atoms with E-state index in [0.717, 1.165) is 12.8 Å². The SMILES string of the molecule is CC#CCCC(NC)c1csc(I)c1. The third-order valence-electron chi connectivity index (χ3n) is 2.07. The van der Waals surface area contributed by atoms with Crippen molar-refractivity contribution in [2.24, 2.45) is 0 Å². The van der Waals surface area contributed by atoms with Gasteiger partial charge in [-0.15, -0.1) is 23.2 Å². The summed E-state index contributed by atoms with van der Waals surface area (Å²) in [6, 6.07) is 2.70. The van der Waals surface area contributed by atoms with Crippen LogP contribution in [-0.4, -0.2) is 7.05 Å². The Hall–Kier alpha value is -0.0500. The largest absolute Gasteiger partial charge is 0.313 e. The maximum absolute atomic E-state index is 3.33. The van der Waals surface area contributed by atoms with Crippen molar-refractivity contribution >= 4 is 33.9 Å². The molecule has 0 fully saturated rings. The van der Waals surface area contributed by atoms with Crippen LogP contribution in [0.15, 0.2) is 11.4 Å². The van der Waals surface area contributed by atoms with Gasteiger partial charge in [-0.1, -0.05) is 0 Å². The molecule has 1 rings (SSSR count). The van der Waals surface area contributed by atoms with Crippen LogP contribution in [0, 0.1) is 14.7 Å². The Labute approximate surface area is 103 Å². The van der Waals surface area contributed by atoms with Crippen LogP contribution in [0.25, 0.3) is 0 Å². The van der Waals surface area contributed by atoms with E-state index in [1.165, 1.54) is 8.45 Å². The zero-order valence-corrected chi connectivity index (χ0v) is 11.4. The summed E-state index contributed by atoms with van der Waals surface area (Å²) in [5.74, 6) is 6.03. The van der Waals surface area contributed by atoms with Crippen LogP contribution in [0.2, 0.25) is 0 Å². The van der Waals surface area contributed by atoms with Gasteiger partial charge in [-0.2, -0.15) is 0 Å².